The highest BCUT2D eigenvalue weighted by Crippen LogP contribution is 2.40. The minimum atomic E-state index is -0.881. The number of nitrogen functional groups attached to an aromatic ring is 1. The Balaban J connectivity index is 2.00. The fourth-order valence-electron chi connectivity index (χ4n) is 3.55. The Morgan fingerprint density at radius 3 is 2.96 bits per heavy atom. The van der Waals surface area contributed by atoms with Crippen LogP contribution in [0.1, 0.15) is 26.7 Å². The molecular formula is C14H19N7O2. The second kappa shape index (κ2) is 4.54. The number of aromatic amines is 1. The van der Waals surface area contributed by atoms with E-state index in [1.165, 1.54) is 0 Å². The van der Waals surface area contributed by atoms with Crippen molar-refractivity contribution in [2.45, 2.75) is 38.3 Å². The van der Waals surface area contributed by atoms with E-state index in [0.717, 1.165) is 0 Å². The number of carbonyl (C=O) groups excluding carboxylic acids is 1. The number of aliphatic hydroxyl groups is 1. The van der Waals surface area contributed by atoms with Crippen LogP contribution in [-0.2, 0) is 4.79 Å². The van der Waals surface area contributed by atoms with Gasteiger partial charge in [-0.2, -0.15) is 15.1 Å². The third-order valence-corrected chi connectivity index (χ3v) is 4.64. The quantitative estimate of drug-likeness (QED) is 0.677. The number of anilines is 3. The molecule has 4 heterocycles. The average molecular weight is 317 g/mol. The molecule has 0 aliphatic carbocycles. The van der Waals surface area contributed by atoms with Gasteiger partial charge in [0.1, 0.15) is 17.2 Å². The summed E-state index contributed by atoms with van der Waals surface area (Å²) in [7, 11) is 0. The van der Waals surface area contributed by atoms with Gasteiger partial charge < -0.3 is 15.7 Å². The number of fused-ring (bicyclic) bond motifs is 2. The Hall–Kier alpha value is -2.42. The number of rotatable bonds is 1. The molecule has 2 aromatic heterocycles. The van der Waals surface area contributed by atoms with Gasteiger partial charge in [-0.05, 0) is 26.7 Å². The number of amides is 1. The van der Waals surface area contributed by atoms with E-state index < -0.39 is 5.60 Å². The maximum absolute atomic E-state index is 13.0. The highest BCUT2D eigenvalue weighted by molar-refractivity contribution is 6.10. The first-order chi connectivity index (χ1) is 10.9. The molecule has 2 aliphatic rings. The van der Waals surface area contributed by atoms with Crippen molar-refractivity contribution in [1.29, 1.82) is 0 Å². The molecule has 2 aromatic rings. The summed E-state index contributed by atoms with van der Waals surface area (Å²) in [4.78, 5) is 25.0. The molecule has 0 spiro atoms. The van der Waals surface area contributed by atoms with Crippen LogP contribution in [0.25, 0.3) is 11.0 Å². The molecule has 2 atom stereocenters. The summed E-state index contributed by atoms with van der Waals surface area (Å²) < 4.78 is 0. The SMILES string of the molecule is CCN1C(=O)C2CC[C@](C)(O)CN2c2nc(N)nc3[nH]nc1c23. The minimum Gasteiger partial charge on any atom is -0.388 e. The van der Waals surface area contributed by atoms with Crippen molar-refractivity contribution < 1.29 is 9.90 Å². The highest BCUT2D eigenvalue weighted by Gasteiger charge is 2.44. The molecule has 9 heteroatoms. The molecule has 4 rings (SSSR count). The van der Waals surface area contributed by atoms with E-state index in [9.17, 15) is 9.90 Å². The van der Waals surface area contributed by atoms with Gasteiger partial charge in [0, 0.05) is 13.1 Å². The normalized spacial score (nSPS) is 27.3. The zero-order chi connectivity index (χ0) is 16.4. The number of hydrogen-bond acceptors (Lipinski definition) is 7. The van der Waals surface area contributed by atoms with Gasteiger partial charge in [0.15, 0.2) is 11.5 Å². The van der Waals surface area contributed by atoms with Crippen LogP contribution < -0.4 is 15.5 Å². The molecular weight excluding hydrogens is 298 g/mol. The number of aromatic nitrogens is 4. The van der Waals surface area contributed by atoms with Gasteiger partial charge in [0.25, 0.3) is 5.91 Å². The van der Waals surface area contributed by atoms with E-state index in [1.807, 2.05) is 11.8 Å². The monoisotopic (exact) mass is 317 g/mol. The van der Waals surface area contributed by atoms with Crippen molar-refractivity contribution in [2.75, 3.05) is 28.6 Å². The largest absolute Gasteiger partial charge is 0.388 e. The highest BCUT2D eigenvalue weighted by atomic mass is 16.3. The molecule has 4 N–H and O–H groups in total. The summed E-state index contributed by atoms with van der Waals surface area (Å²) >= 11 is 0. The molecule has 0 bridgehead atoms. The van der Waals surface area contributed by atoms with Gasteiger partial charge in [0.2, 0.25) is 5.95 Å². The number of nitrogens with zero attached hydrogens (tertiary/aromatic N) is 5. The van der Waals surface area contributed by atoms with Crippen molar-refractivity contribution in [3.8, 4) is 0 Å². The molecule has 1 unspecified atom stereocenters. The fourth-order valence-corrected chi connectivity index (χ4v) is 3.55. The second-order valence-corrected chi connectivity index (χ2v) is 6.44. The topological polar surface area (TPSA) is 124 Å². The van der Waals surface area contributed by atoms with Gasteiger partial charge in [-0.25, -0.2) is 0 Å². The van der Waals surface area contributed by atoms with Crippen LogP contribution in [-0.4, -0.2) is 55.9 Å². The number of carbonyl (C=O) groups is 1. The standard InChI is InChI=1S/C14H19N7O2/c1-3-20-11-8-9(18-19-11)16-13(15)17-10(8)21-6-14(2,23)5-4-7(21)12(20)22/h7,23H,3-6H2,1-2H3,(H3,15,16,17,18,19)/t7?,14-/m0/s1. The fraction of sp³-hybridized carbons (Fsp3) is 0.571. The molecule has 23 heavy (non-hydrogen) atoms. The summed E-state index contributed by atoms with van der Waals surface area (Å²) in [5, 5.41) is 18.2. The number of nitrogens with two attached hydrogens (primary N) is 1. The maximum atomic E-state index is 13.0. The molecule has 9 nitrogen and oxygen atoms in total. The Kier molecular flexibility index (Phi) is 2.80. The lowest BCUT2D eigenvalue weighted by Gasteiger charge is -2.42. The molecule has 0 aromatic carbocycles. The van der Waals surface area contributed by atoms with E-state index in [1.54, 1.807) is 11.8 Å². The van der Waals surface area contributed by atoms with E-state index in [0.29, 0.717) is 48.6 Å². The van der Waals surface area contributed by atoms with Crippen molar-refractivity contribution in [2.24, 2.45) is 0 Å². The van der Waals surface area contributed by atoms with Crippen LogP contribution in [0.4, 0.5) is 17.6 Å². The first kappa shape index (κ1) is 14.2. The van der Waals surface area contributed by atoms with Gasteiger partial charge in [-0.15, -0.1) is 0 Å². The van der Waals surface area contributed by atoms with E-state index in [2.05, 4.69) is 20.2 Å². The Labute approximate surface area is 132 Å². The molecule has 2 aliphatic heterocycles. The summed E-state index contributed by atoms with van der Waals surface area (Å²) in [5.74, 6) is 1.17. The molecule has 0 radical (unpaired) electrons. The van der Waals surface area contributed by atoms with Crippen molar-refractivity contribution >= 4 is 34.5 Å². The van der Waals surface area contributed by atoms with Gasteiger partial charge in [0.05, 0.1) is 5.60 Å². The van der Waals surface area contributed by atoms with Crippen LogP contribution in [0.15, 0.2) is 0 Å². The number of piperidine rings is 1. The number of H-pyrrole nitrogens is 1. The molecule has 1 fully saturated rings. The first-order valence-corrected chi connectivity index (χ1v) is 7.73. The van der Waals surface area contributed by atoms with Gasteiger partial charge in [-0.1, -0.05) is 0 Å². The summed E-state index contributed by atoms with van der Waals surface area (Å²) in [6, 6.07) is -0.373. The van der Waals surface area contributed by atoms with Crippen LogP contribution in [0.2, 0.25) is 0 Å². The van der Waals surface area contributed by atoms with Crippen LogP contribution in [0, 0.1) is 0 Å². The van der Waals surface area contributed by atoms with Crippen LogP contribution >= 0.6 is 0 Å². The lowest BCUT2D eigenvalue weighted by Crippen LogP contribution is -2.57. The van der Waals surface area contributed by atoms with E-state index in [-0.39, 0.29) is 17.9 Å². The smallest absolute Gasteiger partial charge is 0.250 e. The maximum Gasteiger partial charge on any atom is 0.250 e. The summed E-state index contributed by atoms with van der Waals surface area (Å²) in [6.07, 6.45) is 1.12. The first-order valence-electron chi connectivity index (χ1n) is 7.73. The Morgan fingerprint density at radius 1 is 1.43 bits per heavy atom. The second-order valence-electron chi connectivity index (χ2n) is 6.44. The third-order valence-electron chi connectivity index (χ3n) is 4.64. The summed E-state index contributed by atoms with van der Waals surface area (Å²) in [5.41, 5.74) is 5.44. The number of hydrogen-bond donors (Lipinski definition) is 3. The number of likely N-dealkylation sites (N-methyl/N-ethyl adjacent to an activating group) is 1. The predicted octanol–water partition coefficient (Wildman–Crippen LogP) is 0.0214. The molecule has 1 saturated heterocycles. The Bertz CT molecular complexity index is 800. The lowest BCUT2D eigenvalue weighted by atomic mass is 9.89. The lowest BCUT2D eigenvalue weighted by molar-refractivity contribution is -0.121. The zero-order valence-corrected chi connectivity index (χ0v) is 13.1. The van der Waals surface area contributed by atoms with Crippen molar-refractivity contribution in [1.82, 2.24) is 20.2 Å². The Morgan fingerprint density at radius 2 is 2.22 bits per heavy atom. The molecule has 0 saturated carbocycles. The predicted molar refractivity (Wildman–Crippen MR) is 85.1 cm³/mol. The van der Waals surface area contributed by atoms with Gasteiger partial charge >= 0.3 is 0 Å². The van der Waals surface area contributed by atoms with Crippen molar-refractivity contribution in [3.05, 3.63) is 0 Å². The molecule has 122 valence electrons. The molecule has 1 amide bonds. The minimum absolute atomic E-state index is 0.0343. The zero-order valence-electron chi connectivity index (χ0n) is 13.1. The number of nitrogens with one attached hydrogen (secondary N) is 1. The van der Waals surface area contributed by atoms with Crippen LogP contribution in [0.3, 0.4) is 0 Å². The summed E-state index contributed by atoms with van der Waals surface area (Å²) in [6.45, 7) is 4.50. The third kappa shape index (κ3) is 1.96. The van der Waals surface area contributed by atoms with E-state index in [4.69, 9.17) is 5.73 Å². The average Bonchev–Trinajstić information content (AvgIpc) is 2.86. The van der Waals surface area contributed by atoms with Crippen LogP contribution in [0.5, 0.6) is 0 Å². The van der Waals surface area contributed by atoms with E-state index >= 15 is 0 Å². The van der Waals surface area contributed by atoms with Crippen molar-refractivity contribution in [3.63, 3.8) is 0 Å². The van der Waals surface area contributed by atoms with Gasteiger partial charge in [-0.3, -0.25) is 14.8 Å².